The Morgan fingerprint density at radius 3 is 2.93 bits per heavy atom. The largest absolute Gasteiger partial charge is 0.480 e. The molecule has 1 aliphatic heterocycles. The van der Waals surface area contributed by atoms with Crippen LogP contribution in [0.3, 0.4) is 0 Å². The van der Waals surface area contributed by atoms with Crippen LogP contribution in [0.25, 0.3) is 0 Å². The summed E-state index contributed by atoms with van der Waals surface area (Å²) in [6, 6.07) is 0. The van der Waals surface area contributed by atoms with Gasteiger partial charge in [-0.3, -0.25) is 9.59 Å². The van der Waals surface area contributed by atoms with E-state index in [0.29, 0.717) is 11.8 Å². The number of carbonyl (C=O) groups is 2. The zero-order chi connectivity index (χ0) is 10.1. The van der Waals surface area contributed by atoms with Crippen LogP contribution in [0, 0.1) is 5.92 Å². The first-order valence-electron chi connectivity index (χ1n) is 4.40. The fourth-order valence-electron chi connectivity index (χ4n) is 1.20. The van der Waals surface area contributed by atoms with Crippen molar-refractivity contribution in [2.24, 2.45) is 11.0 Å². The van der Waals surface area contributed by atoms with Gasteiger partial charge in [-0.15, -0.1) is 5.10 Å². The Balaban J connectivity index is 2.07. The van der Waals surface area contributed by atoms with Crippen molar-refractivity contribution in [2.75, 3.05) is 13.2 Å². The molecule has 76 valence electrons. The molecule has 0 aromatic rings. The minimum atomic E-state index is -1.07. The van der Waals surface area contributed by atoms with E-state index in [1.807, 2.05) is 0 Å². The van der Waals surface area contributed by atoms with Gasteiger partial charge in [0.05, 0.1) is 0 Å². The van der Waals surface area contributed by atoms with Crippen molar-refractivity contribution in [2.45, 2.75) is 12.8 Å². The first-order valence-corrected chi connectivity index (χ1v) is 4.40. The molecule has 0 bridgehead atoms. The predicted molar refractivity (Wildman–Crippen MR) is 45.5 cm³/mol. The van der Waals surface area contributed by atoms with E-state index in [0.717, 1.165) is 17.9 Å². The number of aliphatic carboxylic acids is 1. The normalized spacial score (nSPS) is 21.6. The van der Waals surface area contributed by atoms with Gasteiger partial charge in [-0.05, 0) is 12.8 Å². The molecule has 1 aliphatic carbocycles. The summed E-state index contributed by atoms with van der Waals surface area (Å²) >= 11 is 0. The Bertz CT molecular complexity index is 308. The van der Waals surface area contributed by atoms with Crippen LogP contribution in [-0.2, 0) is 14.3 Å². The number of nitrogens with zero attached hydrogens (tertiary/aromatic N) is 2. The van der Waals surface area contributed by atoms with E-state index >= 15 is 0 Å². The minimum Gasteiger partial charge on any atom is -0.480 e. The molecule has 1 fully saturated rings. The standard InChI is InChI=1S/C8H10N2O4/c11-6-4-14-8(5-1-2-5)9-10(6)3-7(12)13/h5H,1-4H2,(H,12,13). The zero-order valence-corrected chi connectivity index (χ0v) is 7.47. The third-order valence-corrected chi connectivity index (χ3v) is 2.06. The maximum absolute atomic E-state index is 11.1. The lowest BCUT2D eigenvalue weighted by atomic mass is 10.4. The lowest BCUT2D eigenvalue weighted by molar-refractivity contribution is -0.146. The van der Waals surface area contributed by atoms with E-state index in [4.69, 9.17) is 9.84 Å². The van der Waals surface area contributed by atoms with Crippen LogP contribution in [0.5, 0.6) is 0 Å². The van der Waals surface area contributed by atoms with Crippen LogP contribution in [0.4, 0.5) is 0 Å². The molecule has 1 saturated carbocycles. The van der Waals surface area contributed by atoms with Gasteiger partial charge in [0.2, 0.25) is 5.90 Å². The predicted octanol–water partition coefficient (Wildman–Crippen LogP) is -0.347. The number of rotatable bonds is 3. The van der Waals surface area contributed by atoms with E-state index < -0.39 is 18.4 Å². The van der Waals surface area contributed by atoms with Crippen molar-refractivity contribution >= 4 is 17.8 Å². The SMILES string of the molecule is O=C(O)CN1N=C(C2CC2)OCC1=O. The van der Waals surface area contributed by atoms with E-state index in [9.17, 15) is 9.59 Å². The van der Waals surface area contributed by atoms with Crippen LogP contribution in [0.15, 0.2) is 5.10 Å². The quantitative estimate of drug-likeness (QED) is 0.672. The van der Waals surface area contributed by atoms with Crippen LogP contribution in [-0.4, -0.2) is 41.0 Å². The van der Waals surface area contributed by atoms with Gasteiger partial charge < -0.3 is 9.84 Å². The molecular weight excluding hydrogens is 188 g/mol. The summed E-state index contributed by atoms with van der Waals surface area (Å²) in [6.07, 6.45) is 2.02. The maximum Gasteiger partial charge on any atom is 0.325 e. The molecule has 2 rings (SSSR count). The minimum absolute atomic E-state index is 0.0946. The van der Waals surface area contributed by atoms with Crippen molar-refractivity contribution in [3.63, 3.8) is 0 Å². The summed E-state index contributed by atoms with van der Waals surface area (Å²) in [5, 5.41) is 13.3. The number of carboxylic acid groups (broad SMARTS) is 1. The summed E-state index contributed by atoms with van der Waals surface area (Å²) in [6.45, 7) is -0.485. The fourth-order valence-corrected chi connectivity index (χ4v) is 1.20. The third kappa shape index (κ3) is 1.84. The summed E-state index contributed by atoms with van der Waals surface area (Å²) in [5.74, 6) is -0.679. The average molecular weight is 198 g/mol. The lowest BCUT2D eigenvalue weighted by Crippen LogP contribution is -2.39. The molecule has 0 spiro atoms. The molecule has 2 aliphatic rings. The molecule has 1 N–H and O–H groups in total. The van der Waals surface area contributed by atoms with E-state index in [-0.39, 0.29) is 6.61 Å². The second-order valence-corrected chi connectivity index (χ2v) is 3.35. The lowest BCUT2D eigenvalue weighted by Gasteiger charge is -2.22. The molecule has 0 unspecified atom stereocenters. The number of ether oxygens (including phenoxy) is 1. The summed E-state index contributed by atoms with van der Waals surface area (Å²) in [5.41, 5.74) is 0. The average Bonchev–Trinajstić information content (AvgIpc) is 2.91. The Morgan fingerprint density at radius 1 is 1.64 bits per heavy atom. The zero-order valence-electron chi connectivity index (χ0n) is 7.47. The van der Waals surface area contributed by atoms with E-state index in [1.165, 1.54) is 0 Å². The van der Waals surface area contributed by atoms with Crippen molar-refractivity contribution in [1.29, 1.82) is 0 Å². The molecule has 0 radical (unpaired) electrons. The van der Waals surface area contributed by atoms with Gasteiger partial charge in [0.15, 0.2) is 6.61 Å². The molecule has 1 heterocycles. The molecule has 0 aromatic heterocycles. The highest BCUT2D eigenvalue weighted by atomic mass is 16.5. The number of hydrazone groups is 1. The fraction of sp³-hybridized carbons (Fsp3) is 0.625. The van der Waals surface area contributed by atoms with Crippen LogP contribution < -0.4 is 0 Å². The number of carboxylic acids is 1. The maximum atomic E-state index is 11.1. The first-order chi connectivity index (χ1) is 6.66. The molecule has 6 heteroatoms. The van der Waals surface area contributed by atoms with Crippen molar-refractivity contribution < 1.29 is 19.4 Å². The van der Waals surface area contributed by atoms with Crippen molar-refractivity contribution in [1.82, 2.24) is 5.01 Å². The van der Waals surface area contributed by atoms with Gasteiger partial charge >= 0.3 is 5.97 Å². The van der Waals surface area contributed by atoms with E-state index in [2.05, 4.69) is 5.10 Å². The highest BCUT2D eigenvalue weighted by Crippen LogP contribution is 2.32. The Labute approximate surface area is 80.1 Å². The molecule has 6 nitrogen and oxygen atoms in total. The van der Waals surface area contributed by atoms with Crippen LogP contribution in [0.2, 0.25) is 0 Å². The van der Waals surface area contributed by atoms with Crippen molar-refractivity contribution in [3.05, 3.63) is 0 Å². The van der Waals surface area contributed by atoms with Crippen LogP contribution >= 0.6 is 0 Å². The highest BCUT2D eigenvalue weighted by molar-refractivity contribution is 5.90. The number of hydrogen-bond acceptors (Lipinski definition) is 4. The third-order valence-electron chi connectivity index (χ3n) is 2.06. The Hall–Kier alpha value is -1.59. The van der Waals surface area contributed by atoms with Crippen molar-refractivity contribution in [3.8, 4) is 0 Å². The first kappa shape index (κ1) is 8.98. The summed E-state index contributed by atoms with van der Waals surface area (Å²) in [7, 11) is 0. The van der Waals surface area contributed by atoms with Gasteiger partial charge in [0.1, 0.15) is 6.54 Å². The second kappa shape index (κ2) is 3.28. The molecule has 14 heavy (non-hydrogen) atoms. The molecule has 1 amide bonds. The summed E-state index contributed by atoms with van der Waals surface area (Å²) in [4.78, 5) is 21.6. The molecule has 0 aromatic carbocycles. The van der Waals surface area contributed by atoms with Gasteiger partial charge in [-0.25, -0.2) is 5.01 Å². The highest BCUT2D eigenvalue weighted by Gasteiger charge is 2.34. The van der Waals surface area contributed by atoms with Gasteiger partial charge in [-0.1, -0.05) is 0 Å². The molecular formula is C8H10N2O4. The van der Waals surface area contributed by atoms with Crippen LogP contribution in [0.1, 0.15) is 12.8 Å². The monoisotopic (exact) mass is 198 g/mol. The summed E-state index contributed by atoms with van der Waals surface area (Å²) < 4.78 is 5.09. The molecule has 0 atom stereocenters. The topological polar surface area (TPSA) is 79.2 Å². The van der Waals surface area contributed by atoms with Gasteiger partial charge in [0.25, 0.3) is 5.91 Å². The smallest absolute Gasteiger partial charge is 0.325 e. The number of amides is 1. The molecule has 0 saturated heterocycles. The number of carbonyl (C=O) groups excluding carboxylic acids is 1. The second-order valence-electron chi connectivity index (χ2n) is 3.35. The Morgan fingerprint density at radius 2 is 2.36 bits per heavy atom. The van der Waals surface area contributed by atoms with E-state index in [1.54, 1.807) is 0 Å². The van der Waals surface area contributed by atoms with Gasteiger partial charge in [-0.2, -0.15) is 0 Å². The Kier molecular flexibility index (Phi) is 2.11. The van der Waals surface area contributed by atoms with Gasteiger partial charge in [0, 0.05) is 5.92 Å². The number of hydrogen-bond donors (Lipinski definition) is 1.